The first-order chi connectivity index (χ1) is 16.4. The SMILES string of the molecule is Cc1ccc(C2C=CC(CNC(=O)C(/C=N/C3NC=C(C#N)C(=O)N3)=C/N)=CN2)cc1.O=CO. The summed E-state index contributed by atoms with van der Waals surface area (Å²) in [7, 11) is 0. The van der Waals surface area contributed by atoms with Gasteiger partial charge in [0.1, 0.15) is 11.6 Å². The molecule has 2 heterocycles. The number of nitrogens with two attached hydrogens (primary N) is 1. The number of dihydropyridines is 1. The Bertz CT molecular complexity index is 1100. The van der Waals surface area contributed by atoms with Gasteiger partial charge < -0.3 is 32.1 Å². The molecule has 0 radical (unpaired) electrons. The van der Waals surface area contributed by atoms with Crippen molar-refractivity contribution in [3.05, 3.63) is 82.9 Å². The van der Waals surface area contributed by atoms with Crippen molar-refractivity contribution < 1.29 is 19.5 Å². The molecule has 7 N–H and O–H groups in total. The smallest absolute Gasteiger partial charge is 0.290 e. The van der Waals surface area contributed by atoms with Crippen molar-refractivity contribution in [2.75, 3.05) is 6.54 Å². The number of nitrogens with one attached hydrogen (secondary N) is 4. The van der Waals surface area contributed by atoms with Gasteiger partial charge in [-0.05, 0) is 18.1 Å². The van der Waals surface area contributed by atoms with Gasteiger partial charge in [-0.2, -0.15) is 5.26 Å². The van der Waals surface area contributed by atoms with Gasteiger partial charge in [0.2, 0.25) is 0 Å². The van der Waals surface area contributed by atoms with Crippen LogP contribution in [0, 0.1) is 18.3 Å². The van der Waals surface area contributed by atoms with Crippen LogP contribution in [0.2, 0.25) is 0 Å². The zero-order valence-electron chi connectivity index (χ0n) is 18.4. The monoisotopic (exact) mass is 463 g/mol. The second-order valence-electron chi connectivity index (χ2n) is 7.03. The molecule has 0 aliphatic carbocycles. The van der Waals surface area contributed by atoms with Crippen LogP contribution < -0.4 is 27.0 Å². The molecule has 2 unspecified atom stereocenters. The number of carboxylic acid groups (broad SMARTS) is 1. The van der Waals surface area contributed by atoms with E-state index in [1.165, 1.54) is 18.0 Å². The number of benzene rings is 1. The van der Waals surface area contributed by atoms with Crippen molar-refractivity contribution in [1.29, 1.82) is 5.26 Å². The van der Waals surface area contributed by atoms with Crippen LogP contribution >= 0.6 is 0 Å². The second kappa shape index (κ2) is 12.9. The van der Waals surface area contributed by atoms with E-state index in [0.717, 1.165) is 17.3 Å². The number of hydrogen-bond acceptors (Lipinski definition) is 8. The highest BCUT2D eigenvalue weighted by molar-refractivity contribution is 6.12. The number of nitrogens with zero attached hydrogens (tertiary/aromatic N) is 2. The third-order valence-electron chi connectivity index (χ3n) is 4.66. The van der Waals surface area contributed by atoms with Gasteiger partial charge in [-0.25, -0.2) is 4.99 Å². The number of aliphatic imine (C=N–C) groups is 1. The summed E-state index contributed by atoms with van der Waals surface area (Å²) in [5.74, 6) is -0.949. The first kappa shape index (κ1) is 25.4. The topological polar surface area (TPSA) is 182 Å². The first-order valence-corrected chi connectivity index (χ1v) is 10.1. The molecule has 2 aliphatic rings. The molecule has 0 saturated heterocycles. The van der Waals surface area contributed by atoms with Gasteiger partial charge in [0.05, 0.1) is 11.6 Å². The molecule has 1 aromatic carbocycles. The summed E-state index contributed by atoms with van der Waals surface area (Å²) in [4.78, 5) is 36.4. The average Bonchev–Trinajstić information content (AvgIpc) is 2.84. The lowest BCUT2D eigenvalue weighted by Gasteiger charge is -2.20. The quantitative estimate of drug-likeness (QED) is 0.197. The molecule has 0 bridgehead atoms. The fourth-order valence-corrected chi connectivity index (χ4v) is 2.86. The molecule has 2 amide bonds. The summed E-state index contributed by atoms with van der Waals surface area (Å²) >= 11 is 0. The van der Waals surface area contributed by atoms with Crippen LogP contribution in [-0.2, 0) is 14.4 Å². The number of aryl methyl sites for hydroxylation is 1. The molecular weight excluding hydrogens is 438 g/mol. The molecule has 11 nitrogen and oxygen atoms in total. The number of carbonyl (C=O) groups is 3. The highest BCUT2D eigenvalue weighted by Gasteiger charge is 2.19. The fourth-order valence-electron chi connectivity index (χ4n) is 2.86. The largest absolute Gasteiger partial charge is 0.483 e. The molecule has 0 fully saturated rings. The Morgan fingerprint density at radius 1 is 1.29 bits per heavy atom. The average molecular weight is 463 g/mol. The zero-order valence-corrected chi connectivity index (χ0v) is 18.4. The van der Waals surface area contributed by atoms with Gasteiger partial charge in [0, 0.05) is 31.4 Å². The van der Waals surface area contributed by atoms with E-state index in [2.05, 4.69) is 50.5 Å². The lowest BCUT2D eigenvalue weighted by Crippen LogP contribution is -2.46. The van der Waals surface area contributed by atoms with E-state index in [0.29, 0.717) is 6.54 Å². The normalized spacial score (nSPS) is 19.2. The van der Waals surface area contributed by atoms with E-state index in [9.17, 15) is 9.59 Å². The van der Waals surface area contributed by atoms with Crippen LogP contribution in [0.15, 0.2) is 76.7 Å². The Morgan fingerprint density at radius 3 is 2.56 bits per heavy atom. The summed E-state index contributed by atoms with van der Waals surface area (Å²) in [6.45, 7) is 2.10. The maximum atomic E-state index is 12.4. The summed E-state index contributed by atoms with van der Waals surface area (Å²) < 4.78 is 0. The van der Waals surface area contributed by atoms with Crippen LogP contribution in [0.4, 0.5) is 0 Å². The Hall–Kier alpha value is -4.85. The van der Waals surface area contributed by atoms with Gasteiger partial charge in [0.25, 0.3) is 18.3 Å². The standard InChI is InChI=1S/C22H23N7O2.CH2O2/c1-14-2-5-16(6-3-14)19-7-4-15(10-25-19)11-26-20(30)17(8-23)12-27-22-28-13-18(9-24)21(31)29-22;2-1-3/h2-8,10,12-13,19,22,25,28H,11,23H2,1H3,(H,26,30)(H,29,31);1H,(H,2,3)/b17-8+,27-12+;. The maximum Gasteiger partial charge on any atom is 0.290 e. The summed E-state index contributed by atoms with van der Waals surface area (Å²) in [5.41, 5.74) is 8.90. The predicted molar refractivity (Wildman–Crippen MR) is 126 cm³/mol. The number of amides is 2. The third-order valence-corrected chi connectivity index (χ3v) is 4.66. The Kier molecular flexibility index (Phi) is 9.62. The van der Waals surface area contributed by atoms with Gasteiger partial charge in [-0.1, -0.05) is 42.0 Å². The number of hydrogen-bond donors (Lipinski definition) is 6. The summed E-state index contributed by atoms with van der Waals surface area (Å²) in [6, 6.07) is 10.1. The molecule has 2 aliphatic heterocycles. The van der Waals surface area contributed by atoms with Crippen molar-refractivity contribution in [2.24, 2.45) is 10.7 Å². The molecular formula is C23H25N7O4. The predicted octanol–water partition coefficient (Wildman–Crippen LogP) is 0.220. The van der Waals surface area contributed by atoms with Crippen molar-refractivity contribution in [2.45, 2.75) is 19.3 Å². The van der Waals surface area contributed by atoms with Crippen LogP contribution in [0.3, 0.4) is 0 Å². The van der Waals surface area contributed by atoms with E-state index in [1.807, 2.05) is 25.3 Å². The van der Waals surface area contributed by atoms with Crippen molar-refractivity contribution >= 4 is 24.5 Å². The third kappa shape index (κ3) is 7.38. The van der Waals surface area contributed by atoms with Gasteiger partial charge in [0.15, 0.2) is 6.29 Å². The molecule has 34 heavy (non-hydrogen) atoms. The molecule has 0 saturated carbocycles. The number of nitriles is 1. The van der Waals surface area contributed by atoms with E-state index >= 15 is 0 Å². The van der Waals surface area contributed by atoms with Crippen LogP contribution in [-0.4, -0.2) is 42.4 Å². The Balaban J connectivity index is 0.00000129. The molecule has 11 heteroatoms. The van der Waals surface area contributed by atoms with Crippen LogP contribution in [0.5, 0.6) is 0 Å². The van der Waals surface area contributed by atoms with Crippen LogP contribution in [0.25, 0.3) is 0 Å². The molecule has 176 valence electrons. The Morgan fingerprint density at radius 2 is 2.00 bits per heavy atom. The van der Waals surface area contributed by atoms with Gasteiger partial charge in [-0.3, -0.25) is 14.4 Å². The van der Waals surface area contributed by atoms with E-state index in [1.54, 1.807) is 6.07 Å². The number of carbonyl (C=O) groups excluding carboxylic acids is 2. The highest BCUT2D eigenvalue weighted by Crippen LogP contribution is 2.19. The first-order valence-electron chi connectivity index (χ1n) is 10.1. The minimum Gasteiger partial charge on any atom is -0.483 e. The second-order valence-corrected chi connectivity index (χ2v) is 7.03. The number of rotatable bonds is 6. The summed E-state index contributed by atoms with van der Waals surface area (Å²) in [5, 5.41) is 27.0. The maximum absolute atomic E-state index is 12.4. The fraction of sp³-hybridized carbons (Fsp3) is 0.174. The lowest BCUT2D eigenvalue weighted by molar-refractivity contribution is -0.123. The van der Waals surface area contributed by atoms with Crippen LogP contribution in [0.1, 0.15) is 17.2 Å². The highest BCUT2D eigenvalue weighted by atomic mass is 16.3. The molecule has 1 aromatic rings. The van der Waals surface area contributed by atoms with Crippen molar-refractivity contribution in [1.82, 2.24) is 21.3 Å². The van der Waals surface area contributed by atoms with E-state index < -0.39 is 18.1 Å². The molecule has 0 aromatic heterocycles. The molecule has 0 spiro atoms. The lowest BCUT2D eigenvalue weighted by atomic mass is 10.0. The summed E-state index contributed by atoms with van der Waals surface area (Å²) in [6.07, 6.45) is 8.73. The van der Waals surface area contributed by atoms with Gasteiger partial charge in [-0.15, -0.1) is 0 Å². The minimum absolute atomic E-state index is 0.0502. The van der Waals surface area contributed by atoms with Gasteiger partial charge >= 0.3 is 0 Å². The minimum atomic E-state index is -0.792. The molecule has 2 atom stereocenters. The van der Waals surface area contributed by atoms with E-state index in [-0.39, 0.29) is 23.7 Å². The van der Waals surface area contributed by atoms with E-state index in [4.69, 9.17) is 20.9 Å². The van der Waals surface area contributed by atoms with Crippen molar-refractivity contribution in [3.8, 4) is 6.07 Å². The molecule has 3 rings (SSSR count). The van der Waals surface area contributed by atoms with Crippen molar-refractivity contribution in [3.63, 3.8) is 0 Å². The Labute approximate surface area is 196 Å². The zero-order chi connectivity index (χ0) is 24.9.